The first-order valence-corrected chi connectivity index (χ1v) is 5.61. The number of carbonyl (C=O) groups is 1. The van der Waals surface area contributed by atoms with E-state index in [1.807, 2.05) is 0 Å². The van der Waals surface area contributed by atoms with Gasteiger partial charge in [-0.1, -0.05) is 11.8 Å². The summed E-state index contributed by atoms with van der Waals surface area (Å²) in [6.45, 7) is 3.73. The first-order valence-electron chi connectivity index (χ1n) is 4.73. The van der Waals surface area contributed by atoms with Crippen LogP contribution in [0, 0.1) is 0 Å². The Bertz CT molecular complexity index is 432. The average Bonchev–Trinajstić information content (AvgIpc) is 2.16. The normalized spacial score (nSPS) is 12.1. The van der Waals surface area contributed by atoms with Crippen molar-refractivity contribution in [2.75, 3.05) is 12.3 Å². The molecular weight excluding hydrogens is 230 g/mol. The molecule has 1 aromatic heterocycles. The maximum Gasteiger partial charge on any atom is 0.319 e. The average molecular weight is 243 g/mol. The van der Waals surface area contributed by atoms with Crippen LogP contribution in [-0.4, -0.2) is 27.8 Å². The van der Waals surface area contributed by atoms with E-state index in [-0.39, 0.29) is 17.3 Å². The van der Waals surface area contributed by atoms with E-state index in [0.717, 1.165) is 11.8 Å². The molecule has 0 saturated heterocycles. The van der Waals surface area contributed by atoms with E-state index in [0.29, 0.717) is 11.8 Å². The third-order valence-corrected chi connectivity index (χ3v) is 2.61. The summed E-state index contributed by atoms with van der Waals surface area (Å²) in [5, 5.41) is -0.129. The summed E-state index contributed by atoms with van der Waals surface area (Å²) < 4.78 is 4.83. The number of hydrogen-bond donors (Lipinski definition) is 2. The molecule has 1 unspecified atom stereocenters. The van der Waals surface area contributed by atoms with Crippen LogP contribution < -0.4 is 11.3 Å². The number of esters is 1. The Balaban J connectivity index is 2.72. The van der Waals surface area contributed by atoms with Crippen molar-refractivity contribution < 1.29 is 9.53 Å². The van der Waals surface area contributed by atoms with Crippen molar-refractivity contribution in [3.63, 3.8) is 0 Å². The molecule has 0 aliphatic carbocycles. The molecular formula is C9H13N3O3S. The number of nitrogens with zero attached hydrogens (tertiary/aromatic N) is 1. The van der Waals surface area contributed by atoms with Gasteiger partial charge in [-0.15, -0.1) is 0 Å². The van der Waals surface area contributed by atoms with Crippen LogP contribution in [0.2, 0.25) is 0 Å². The van der Waals surface area contributed by atoms with E-state index in [1.165, 1.54) is 6.07 Å². The van der Waals surface area contributed by atoms with Gasteiger partial charge in [0.2, 0.25) is 0 Å². The number of H-pyrrole nitrogens is 1. The van der Waals surface area contributed by atoms with Gasteiger partial charge in [0.15, 0.2) is 5.16 Å². The smallest absolute Gasteiger partial charge is 0.319 e. The first-order chi connectivity index (χ1) is 7.52. The Morgan fingerprint density at radius 2 is 2.44 bits per heavy atom. The minimum absolute atomic E-state index is 0.127. The lowest BCUT2D eigenvalue weighted by molar-refractivity contribution is -0.142. The van der Waals surface area contributed by atoms with Crippen molar-refractivity contribution in [2.24, 2.45) is 0 Å². The number of carbonyl (C=O) groups excluding carboxylic acids is 1. The number of aromatic nitrogens is 2. The maximum atomic E-state index is 11.3. The highest BCUT2D eigenvalue weighted by molar-refractivity contribution is 8.00. The molecule has 0 radical (unpaired) electrons. The second-order valence-electron chi connectivity index (χ2n) is 2.99. The van der Waals surface area contributed by atoms with Gasteiger partial charge >= 0.3 is 5.97 Å². The number of nitrogens with one attached hydrogen (secondary N) is 1. The maximum absolute atomic E-state index is 11.3. The van der Waals surface area contributed by atoms with E-state index in [4.69, 9.17) is 10.5 Å². The summed E-state index contributed by atoms with van der Waals surface area (Å²) in [6.07, 6.45) is 0. The molecule has 1 rings (SSSR count). The SMILES string of the molecule is CCOC(=O)C(C)Sc1nc(N)cc(=O)[nH]1. The zero-order chi connectivity index (χ0) is 12.1. The number of hydrogen-bond acceptors (Lipinski definition) is 6. The molecule has 1 aromatic rings. The summed E-state index contributed by atoms with van der Waals surface area (Å²) in [5.74, 6) is -0.222. The highest BCUT2D eigenvalue weighted by Crippen LogP contribution is 2.19. The summed E-state index contributed by atoms with van der Waals surface area (Å²) in [4.78, 5) is 28.8. The van der Waals surface area contributed by atoms with E-state index in [2.05, 4.69) is 9.97 Å². The van der Waals surface area contributed by atoms with Gasteiger partial charge in [0.05, 0.1) is 6.61 Å². The molecule has 0 spiro atoms. The molecule has 0 amide bonds. The molecule has 0 bridgehead atoms. The van der Waals surface area contributed by atoms with E-state index >= 15 is 0 Å². The summed E-state index contributed by atoms with van der Waals surface area (Å²) >= 11 is 1.10. The van der Waals surface area contributed by atoms with E-state index in [1.54, 1.807) is 13.8 Å². The third-order valence-electron chi connectivity index (χ3n) is 1.65. The van der Waals surface area contributed by atoms with E-state index in [9.17, 15) is 9.59 Å². The predicted molar refractivity (Wildman–Crippen MR) is 61.2 cm³/mol. The molecule has 16 heavy (non-hydrogen) atoms. The van der Waals surface area contributed by atoms with Crippen LogP contribution in [0.15, 0.2) is 16.0 Å². The topological polar surface area (TPSA) is 98.1 Å². The number of rotatable bonds is 4. The number of ether oxygens (including phenoxy) is 1. The molecule has 6 nitrogen and oxygen atoms in total. The van der Waals surface area contributed by atoms with Gasteiger partial charge in [0.25, 0.3) is 5.56 Å². The molecule has 0 aromatic carbocycles. The highest BCUT2D eigenvalue weighted by atomic mass is 32.2. The predicted octanol–water partition coefficient (Wildman–Crippen LogP) is 0.396. The van der Waals surface area contributed by atoms with Crippen molar-refractivity contribution in [3.05, 3.63) is 16.4 Å². The Hall–Kier alpha value is -1.50. The highest BCUT2D eigenvalue weighted by Gasteiger charge is 2.16. The Morgan fingerprint density at radius 1 is 1.75 bits per heavy atom. The largest absolute Gasteiger partial charge is 0.465 e. The van der Waals surface area contributed by atoms with Crippen molar-refractivity contribution in [1.82, 2.24) is 9.97 Å². The van der Waals surface area contributed by atoms with Crippen LogP contribution in [0.25, 0.3) is 0 Å². The third kappa shape index (κ3) is 3.58. The molecule has 0 saturated carbocycles. The van der Waals surface area contributed by atoms with Crippen LogP contribution in [0.1, 0.15) is 13.8 Å². The van der Waals surface area contributed by atoms with Crippen LogP contribution in [0.5, 0.6) is 0 Å². The van der Waals surface area contributed by atoms with Crippen molar-refractivity contribution >= 4 is 23.5 Å². The number of aromatic amines is 1. The minimum Gasteiger partial charge on any atom is -0.465 e. The molecule has 3 N–H and O–H groups in total. The zero-order valence-corrected chi connectivity index (χ0v) is 9.84. The fourth-order valence-electron chi connectivity index (χ4n) is 0.984. The second-order valence-corrected chi connectivity index (χ2v) is 4.32. The first kappa shape index (κ1) is 12.6. The van der Waals surface area contributed by atoms with Gasteiger partial charge in [-0.2, -0.15) is 0 Å². The van der Waals surface area contributed by atoms with Crippen LogP contribution in [-0.2, 0) is 9.53 Å². The Kier molecular flexibility index (Phi) is 4.36. The Labute approximate surface area is 96.6 Å². The van der Waals surface area contributed by atoms with Crippen molar-refractivity contribution in [1.29, 1.82) is 0 Å². The molecule has 1 atom stereocenters. The molecule has 1 heterocycles. The van der Waals surface area contributed by atoms with Crippen LogP contribution in [0.3, 0.4) is 0 Å². The molecule has 0 fully saturated rings. The lowest BCUT2D eigenvalue weighted by atomic mass is 10.5. The zero-order valence-electron chi connectivity index (χ0n) is 9.02. The summed E-state index contributed by atoms with van der Waals surface area (Å²) in [6, 6.07) is 1.18. The van der Waals surface area contributed by atoms with Crippen molar-refractivity contribution in [3.8, 4) is 0 Å². The van der Waals surface area contributed by atoms with Gasteiger partial charge in [-0.3, -0.25) is 9.59 Å². The fourth-order valence-corrected chi connectivity index (χ4v) is 1.80. The second kappa shape index (κ2) is 5.55. The van der Waals surface area contributed by atoms with Gasteiger partial charge in [0, 0.05) is 6.07 Å². The molecule has 7 heteroatoms. The number of anilines is 1. The van der Waals surface area contributed by atoms with Crippen molar-refractivity contribution in [2.45, 2.75) is 24.3 Å². The van der Waals surface area contributed by atoms with Gasteiger partial charge < -0.3 is 15.5 Å². The minimum atomic E-state index is -0.440. The molecule has 0 aliphatic heterocycles. The van der Waals surface area contributed by atoms with Gasteiger partial charge in [0.1, 0.15) is 11.1 Å². The quantitative estimate of drug-likeness (QED) is 0.451. The molecule has 88 valence electrons. The van der Waals surface area contributed by atoms with Crippen LogP contribution in [0.4, 0.5) is 5.82 Å². The monoisotopic (exact) mass is 243 g/mol. The van der Waals surface area contributed by atoms with E-state index < -0.39 is 5.25 Å². The number of nitrogen functional groups attached to an aromatic ring is 1. The summed E-state index contributed by atoms with van der Waals surface area (Å²) in [7, 11) is 0. The fraction of sp³-hybridized carbons (Fsp3) is 0.444. The van der Waals surface area contributed by atoms with Gasteiger partial charge in [-0.05, 0) is 13.8 Å². The van der Waals surface area contributed by atoms with Gasteiger partial charge in [-0.25, -0.2) is 4.98 Å². The lowest BCUT2D eigenvalue weighted by Gasteiger charge is -2.08. The lowest BCUT2D eigenvalue weighted by Crippen LogP contribution is -2.18. The number of thioether (sulfide) groups is 1. The Morgan fingerprint density at radius 3 is 3.00 bits per heavy atom. The number of nitrogens with two attached hydrogens (primary N) is 1. The van der Waals surface area contributed by atoms with Crippen LogP contribution >= 0.6 is 11.8 Å². The molecule has 0 aliphatic rings. The standard InChI is InChI=1S/C9H13N3O3S/c1-3-15-8(14)5(2)16-9-11-6(10)4-7(13)12-9/h4-5H,3H2,1-2H3,(H3,10,11,12,13). The summed E-state index contributed by atoms with van der Waals surface area (Å²) in [5.41, 5.74) is 5.07.